The van der Waals surface area contributed by atoms with E-state index in [2.05, 4.69) is 55.8 Å². The van der Waals surface area contributed by atoms with E-state index in [1.54, 1.807) is 23.1 Å². The van der Waals surface area contributed by atoms with Crippen LogP contribution >= 0.6 is 11.6 Å². The molecule has 2 aliphatic heterocycles. The number of hydrogen-bond donors (Lipinski definition) is 1. The van der Waals surface area contributed by atoms with Crippen molar-refractivity contribution in [2.75, 3.05) is 26.2 Å². The molecule has 0 aromatic heterocycles. The van der Waals surface area contributed by atoms with Gasteiger partial charge in [-0.2, -0.15) is 5.26 Å². The SMILES string of the molecule is [B]C(=O)N1CCC(N2CCC(C#Cc3ccc(C(=O)NC4C(C)(C)C(Oc5ccc(C#N)c(Cl)c5)C4(C)C)cc3)CC2)CC1. The van der Waals surface area contributed by atoms with E-state index in [0.717, 1.165) is 57.4 Å². The number of halogens is 1. The summed E-state index contributed by atoms with van der Waals surface area (Å²) in [6, 6.07) is 15.1. The third kappa shape index (κ3) is 6.63. The molecular weight excluding hydrogens is 571 g/mol. The van der Waals surface area contributed by atoms with Gasteiger partial charge in [0.15, 0.2) is 5.81 Å². The average Bonchev–Trinajstić information content (AvgIpc) is 3.01. The van der Waals surface area contributed by atoms with Gasteiger partial charge in [0.1, 0.15) is 17.9 Å². The molecule has 2 heterocycles. The fourth-order valence-corrected chi connectivity index (χ4v) is 7.77. The number of amides is 2. The topological polar surface area (TPSA) is 85.7 Å². The second kappa shape index (κ2) is 12.9. The normalized spacial score (nSPS) is 23.4. The highest BCUT2D eigenvalue weighted by Crippen LogP contribution is 2.55. The minimum atomic E-state index is -0.332. The maximum absolute atomic E-state index is 13.3. The van der Waals surface area contributed by atoms with Gasteiger partial charge in [0.2, 0.25) is 7.85 Å². The maximum atomic E-state index is 13.3. The first kappa shape index (κ1) is 32.0. The van der Waals surface area contributed by atoms with Crippen molar-refractivity contribution in [1.82, 2.24) is 15.1 Å². The van der Waals surface area contributed by atoms with Crippen LogP contribution in [0.5, 0.6) is 5.75 Å². The van der Waals surface area contributed by atoms with Gasteiger partial charge < -0.3 is 19.9 Å². The summed E-state index contributed by atoms with van der Waals surface area (Å²) in [6.45, 7) is 11.9. The Morgan fingerprint density at radius 2 is 1.61 bits per heavy atom. The van der Waals surface area contributed by atoms with E-state index in [4.69, 9.17) is 29.4 Å². The Bertz CT molecular complexity index is 1470. The fraction of sp³-hybridized carbons (Fsp3) is 0.514. The van der Waals surface area contributed by atoms with Crippen molar-refractivity contribution in [3.63, 3.8) is 0 Å². The van der Waals surface area contributed by atoms with Crippen molar-refractivity contribution >= 4 is 31.2 Å². The van der Waals surface area contributed by atoms with Crippen LogP contribution in [0.3, 0.4) is 0 Å². The standard InChI is InChI=1S/C35H40BClN4O3/c1-34(2)31(35(3,4)32(34)44-28-12-11-26(22-38)29(37)21-28)39-30(42)25-9-7-23(8-10-25)5-6-24-13-17-40(18-14-24)27-15-19-41(20-16-27)33(36)43/h7-12,21,24,27,31-32H,13-20H2,1-4H3,(H,39,42). The molecule has 228 valence electrons. The summed E-state index contributed by atoms with van der Waals surface area (Å²) < 4.78 is 6.34. The Hall–Kier alpha value is -3.46. The molecule has 0 spiro atoms. The smallest absolute Gasteiger partial charge is 0.251 e. The predicted molar refractivity (Wildman–Crippen MR) is 173 cm³/mol. The molecule has 0 unspecified atom stereocenters. The van der Waals surface area contributed by atoms with Crippen LogP contribution in [0.15, 0.2) is 42.5 Å². The quantitative estimate of drug-likeness (QED) is 0.350. The Balaban J connectivity index is 1.12. The summed E-state index contributed by atoms with van der Waals surface area (Å²) in [5.74, 6) is 7.30. The Labute approximate surface area is 267 Å². The van der Waals surface area contributed by atoms with Gasteiger partial charge in [-0.1, -0.05) is 51.1 Å². The molecule has 1 N–H and O–H groups in total. The van der Waals surface area contributed by atoms with Gasteiger partial charge in [-0.3, -0.25) is 9.59 Å². The molecule has 2 saturated heterocycles. The van der Waals surface area contributed by atoms with Crippen LogP contribution in [-0.2, 0) is 0 Å². The lowest BCUT2D eigenvalue weighted by Gasteiger charge is -2.63. The lowest BCUT2D eigenvalue weighted by atomic mass is 9.49. The molecular formula is C35H40BClN4O3. The highest BCUT2D eigenvalue weighted by atomic mass is 35.5. The van der Waals surface area contributed by atoms with Crippen molar-refractivity contribution in [2.45, 2.75) is 71.6 Å². The number of carbonyl (C=O) groups excluding carboxylic acids is 2. The molecule has 2 amide bonds. The number of hydrogen-bond acceptors (Lipinski definition) is 5. The van der Waals surface area contributed by atoms with E-state index in [1.165, 1.54) is 0 Å². The van der Waals surface area contributed by atoms with Gasteiger partial charge in [-0.15, -0.1) is 0 Å². The van der Waals surface area contributed by atoms with Gasteiger partial charge in [-0.25, -0.2) is 0 Å². The predicted octanol–water partition coefficient (Wildman–Crippen LogP) is 5.64. The van der Waals surface area contributed by atoms with Crippen LogP contribution in [0.4, 0.5) is 4.79 Å². The molecule has 7 nitrogen and oxygen atoms in total. The van der Waals surface area contributed by atoms with E-state index in [1.807, 2.05) is 24.3 Å². The van der Waals surface area contributed by atoms with E-state index >= 15 is 0 Å². The van der Waals surface area contributed by atoms with E-state index < -0.39 is 0 Å². The third-order valence-electron chi connectivity index (χ3n) is 9.82. The summed E-state index contributed by atoms with van der Waals surface area (Å²) >= 11 is 6.21. The Kier molecular flexibility index (Phi) is 9.35. The average molecular weight is 611 g/mol. The first-order valence-electron chi connectivity index (χ1n) is 15.5. The minimum absolute atomic E-state index is 0.109. The summed E-state index contributed by atoms with van der Waals surface area (Å²) in [7, 11) is 5.42. The van der Waals surface area contributed by atoms with E-state index in [9.17, 15) is 9.59 Å². The van der Waals surface area contributed by atoms with Crippen molar-refractivity contribution in [3.05, 3.63) is 64.2 Å². The zero-order valence-electron chi connectivity index (χ0n) is 26.0. The first-order valence-corrected chi connectivity index (χ1v) is 15.8. The van der Waals surface area contributed by atoms with Crippen LogP contribution < -0.4 is 10.1 Å². The zero-order chi connectivity index (χ0) is 31.6. The molecule has 3 fully saturated rings. The van der Waals surface area contributed by atoms with Gasteiger partial charge in [0.05, 0.1) is 10.6 Å². The van der Waals surface area contributed by atoms with Crippen molar-refractivity contribution in [3.8, 4) is 23.7 Å². The number of nitriles is 1. The molecule has 3 aliphatic rings. The van der Waals surface area contributed by atoms with Gasteiger partial charge in [0, 0.05) is 59.1 Å². The van der Waals surface area contributed by atoms with E-state index in [0.29, 0.717) is 33.9 Å². The van der Waals surface area contributed by atoms with E-state index in [-0.39, 0.29) is 34.7 Å². The molecule has 44 heavy (non-hydrogen) atoms. The molecule has 0 atom stereocenters. The number of carbonyl (C=O) groups is 2. The van der Waals surface area contributed by atoms with Crippen molar-refractivity contribution in [2.24, 2.45) is 16.7 Å². The first-order chi connectivity index (χ1) is 20.9. The molecule has 2 aromatic carbocycles. The fourth-order valence-electron chi connectivity index (χ4n) is 7.56. The van der Waals surface area contributed by atoms with Gasteiger partial charge in [0.25, 0.3) is 5.91 Å². The van der Waals surface area contributed by atoms with Crippen molar-refractivity contribution in [1.29, 1.82) is 5.26 Å². The summed E-state index contributed by atoms with van der Waals surface area (Å²) in [6.07, 6.45) is 3.89. The largest absolute Gasteiger partial charge is 0.489 e. The molecule has 5 rings (SSSR count). The molecule has 1 aliphatic carbocycles. The van der Waals surface area contributed by atoms with Crippen molar-refractivity contribution < 1.29 is 14.3 Å². The number of benzene rings is 2. The molecule has 0 bridgehead atoms. The van der Waals surface area contributed by atoms with Crippen LogP contribution in [-0.4, -0.2) is 73.7 Å². The van der Waals surface area contributed by atoms with Crippen LogP contribution in [0, 0.1) is 39.9 Å². The monoisotopic (exact) mass is 610 g/mol. The number of ether oxygens (including phenoxy) is 1. The Morgan fingerprint density at radius 3 is 2.18 bits per heavy atom. The highest BCUT2D eigenvalue weighted by Gasteiger charge is 2.64. The lowest BCUT2D eigenvalue weighted by Crippen LogP contribution is -2.74. The number of nitrogens with zero attached hydrogens (tertiary/aromatic N) is 3. The summed E-state index contributed by atoms with van der Waals surface area (Å²) in [4.78, 5) is 28.9. The van der Waals surface area contributed by atoms with Crippen LogP contribution in [0.2, 0.25) is 5.02 Å². The van der Waals surface area contributed by atoms with Gasteiger partial charge in [-0.05, 0) is 75.2 Å². The van der Waals surface area contributed by atoms with Crippen LogP contribution in [0.25, 0.3) is 0 Å². The molecule has 2 radical (unpaired) electrons. The third-order valence-corrected chi connectivity index (χ3v) is 10.1. The Morgan fingerprint density at radius 1 is 0.977 bits per heavy atom. The summed E-state index contributed by atoms with van der Waals surface area (Å²) in [5.41, 5.74) is 1.25. The second-order valence-corrected chi connectivity index (χ2v) is 13.9. The molecule has 9 heteroatoms. The van der Waals surface area contributed by atoms with Gasteiger partial charge >= 0.3 is 0 Å². The second-order valence-electron chi connectivity index (χ2n) is 13.5. The maximum Gasteiger partial charge on any atom is 0.251 e. The van der Waals surface area contributed by atoms with Crippen LogP contribution in [0.1, 0.15) is 74.9 Å². The summed E-state index contributed by atoms with van der Waals surface area (Å²) in [5, 5.41) is 12.8. The lowest BCUT2D eigenvalue weighted by molar-refractivity contribution is -0.164. The number of likely N-dealkylation sites (tertiary alicyclic amines) is 2. The number of nitrogens with one attached hydrogen (secondary N) is 1. The molecule has 2 aromatic rings. The number of rotatable bonds is 5. The number of piperidine rings is 2. The minimum Gasteiger partial charge on any atom is -0.489 e. The molecule has 1 saturated carbocycles. The zero-order valence-corrected chi connectivity index (χ0v) is 26.8. The highest BCUT2D eigenvalue weighted by molar-refractivity contribution is 6.56.